The van der Waals surface area contributed by atoms with Gasteiger partial charge in [-0.05, 0) is 34.7 Å². The largest absolute Gasteiger partial charge is 0.496 e. The molecule has 0 unspecified atom stereocenters. The van der Waals surface area contributed by atoms with E-state index in [-0.39, 0.29) is 11.1 Å². The highest BCUT2D eigenvalue weighted by Gasteiger charge is 2.15. The van der Waals surface area contributed by atoms with Crippen LogP contribution in [0.5, 0.6) is 5.75 Å². The van der Waals surface area contributed by atoms with E-state index >= 15 is 0 Å². The molecule has 14 heavy (non-hydrogen) atoms. The number of benzene rings is 1. The van der Waals surface area contributed by atoms with E-state index in [1.54, 1.807) is 12.1 Å². The summed E-state index contributed by atoms with van der Waals surface area (Å²) in [4.78, 5) is 11.6. The van der Waals surface area contributed by atoms with Crippen molar-refractivity contribution in [2.75, 3.05) is 12.4 Å². The highest BCUT2D eigenvalue weighted by atomic mass is 127. The third-order valence-corrected chi connectivity index (χ3v) is 3.22. The molecule has 0 aromatic heterocycles. The standard InChI is InChI=1S/C9H7BrClIO2/c1-14-8-3-5(11)2-6(12)9(8)7(13)4-10/h2-3H,4H2,1H3. The normalized spacial score (nSPS) is 10.0. The second kappa shape index (κ2) is 5.32. The van der Waals surface area contributed by atoms with Crippen molar-refractivity contribution in [2.45, 2.75) is 0 Å². The van der Waals surface area contributed by atoms with E-state index in [4.69, 9.17) is 16.3 Å². The summed E-state index contributed by atoms with van der Waals surface area (Å²) >= 11 is 11.0. The van der Waals surface area contributed by atoms with Gasteiger partial charge in [-0.3, -0.25) is 4.79 Å². The second-order valence-electron chi connectivity index (χ2n) is 2.52. The van der Waals surface area contributed by atoms with Crippen LogP contribution in [0.4, 0.5) is 0 Å². The zero-order valence-electron chi connectivity index (χ0n) is 7.31. The third-order valence-electron chi connectivity index (χ3n) is 1.64. The van der Waals surface area contributed by atoms with E-state index in [9.17, 15) is 4.79 Å². The molecule has 0 fully saturated rings. The lowest BCUT2D eigenvalue weighted by Crippen LogP contribution is -2.05. The number of ketones is 1. The van der Waals surface area contributed by atoms with Crippen molar-refractivity contribution in [1.29, 1.82) is 0 Å². The van der Waals surface area contributed by atoms with E-state index in [2.05, 4.69) is 38.5 Å². The molecule has 76 valence electrons. The van der Waals surface area contributed by atoms with Crippen LogP contribution in [0.2, 0.25) is 5.02 Å². The smallest absolute Gasteiger partial charge is 0.178 e. The van der Waals surface area contributed by atoms with Crippen molar-refractivity contribution < 1.29 is 9.53 Å². The SMILES string of the molecule is COc1cc(Cl)cc(I)c1C(=O)CBr. The van der Waals surface area contributed by atoms with Crippen LogP contribution in [-0.4, -0.2) is 18.2 Å². The molecular formula is C9H7BrClIO2. The van der Waals surface area contributed by atoms with Crippen LogP contribution in [0.3, 0.4) is 0 Å². The fourth-order valence-corrected chi connectivity index (χ4v) is 2.62. The van der Waals surface area contributed by atoms with Gasteiger partial charge in [-0.2, -0.15) is 0 Å². The van der Waals surface area contributed by atoms with Gasteiger partial charge >= 0.3 is 0 Å². The predicted octanol–water partition coefficient (Wildman–Crippen LogP) is 3.53. The lowest BCUT2D eigenvalue weighted by atomic mass is 10.1. The molecule has 0 amide bonds. The van der Waals surface area contributed by atoms with Gasteiger partial charge < -0.3 is 4.74 Å². The van der Waals surface area contributed by atoms with Gasteiger partial charge in [0.05, 0.1) is 18.0 Å². The Morgan fingerprint density at radius 3 is 2.79 bits per heavy atom. The molecule has 1 aromatic carbocycles. The van der Waals surface area contributed by atoms with Crippen molar-refractivity contribution in [3.63, 3.8) is 0 Å². The first-order valence-electron chi connectivity index (χ1n) is 3.72. The van der Waals surface area contributed by atoms with Crippen molar-refractivity contribution in [3.8, 4) is 5.75 Å². The number of hydrogen-bond donors (Lipinski definition) is 0. The quantitative estimate of drug-likeness (QED) is 0.449. The van der Waals surface area contributed by atoms with Gasteiger partial charge in [0, 0.05) is 8.59 Å². The molecule has 0 spiro atoms. The number of rotatable bonds is 3. The summed E-state index contributed by atoms with van der Waals surface area (Å²) in [6.07, 6.45) is 0. The molecule has 0 atom stereocenters. The summed E-state index contributed by atoms with van der Waals surface area (Å²) in [6, 6.07) is 3.38. The van der Waals surface area contributed by atoms with E-state index in [0.717, 1.165) is 3.57 Å². The van der Waals surface area contributed by atoms with Crippen LogP contribution in [0.25, 0.3) is 0 Å². The molecule has 0 saturated heterocycles. The van der Waals surface area contributed by atoms with Crippen molar-refractivity contribution in [3.05, 3.63) is 26.3 Å². The van der Waals surface area contributed by atoms with Gasteiger partial charge in [-0.15, -0.1) is 0 Å². The summed E-state index contributed by atoms with van der Waals surface area (Å²) in [5.41, 5.74) is 0.578. The summed E-state index contributed by atoms with van der Waals surface area (Å²) in [5.74, 6) is 0.509. The number of hydrogen-bond acceptors (Lipinski definition) is 2. The number of carbonyl (C=O) groups is 1. The summed E-state index contributed by atoms with van der Waals surface area (Å²) in [6.45, 7) is 0. The number of halogens is 3. The number of Topliss-reactive ketones (excluding diaryl/α,β-unsaturated/α-hetero) is 1. The molecule has 5 heteroatoms. The monoisotopic (exact) mass is 388 g/mol. The Kier molecular flexibility index (Phi) is 4.66. The Balaban J connectivity index is 3.32. The summed E-state index contributed by atoms with van der Waals surface area (Å²) in [5, 5.41) is 0.846. The molecule has 1 aromatic rings. The average Bonchev–Trinajstić information content (AvgIpc) is 2.15. The minimum atomic E-state index is -0.0112. The van der Waals surface area contributed by atoms with E-state index in [1.165, 1.54) is 7.11 Å². The highest BCUT2D eigenvalue weighted by Crippen LogP contribution is 2.29. The first-order valence-corrected chi connectivity index (χ1v) is 6.30. The Morgan fingerprint density at radius 1 is 1.64 bits per heavy atom. The van der Waals surface area contributed by atoms with Crippen LogP contribution in [0.1, 0.15) is 10.4 Å². The van der Waals surface area contributed by atoms with Gasteiger partial charge in [0.2, 0.25) is 0 Å². The Hall–Kier alpha value is 0.190. The summed E-state index contributed by atoms with van der Waals surface area (Å²) in [7, 11) is 1.52. The van der Waals surface area contributed by atoms with Gasteiger partial charge in [0.1, 0.15) is 5.75 Å². The molecule has 0 aliphatic carbocycles. The van der Waals surface area contributed by atoms with Crippen LogP contribution in [0, 0.1) is 3.57 Å². The molecular weight excluding hydrogens is 382 g/mol. The lowest BCUT2D eigenvalue weighted by Gasteiger charge is -2.08. The van der Waals surface area contributed by atoms with E-state index in [1.807, 2.05) is 0 Å². The van der Waals surface area contributed by atoms with Crippen LogP contribution in [0.15, 0.2) is 12.1 Å². The van der Waals surface area contributed by atoms with Crippen LogP contribution >= 0.6 is 50.1 Å². The Bertz CT molecular complexity index is 368. The zero-order chi connectivity index (χ0) is 10.7. The van der Waals surface area contributed by atoms with Crippen molar-refractivity contribution >= 4 is 55.9 Å². The molecule has 0 aliphatic heterocycles. The van der Waals surface area contributed by atoms with Gasteiger partial charge in [0.15, 0.2) is 5.78 Å². The number of methoxy groups -OCH3 is 1. The van der Waals surface area contributed by atoms with Crippen LogP contribution < -0.4 is 4.74 Å². The topological polar surface area (TPSA) is 26.3 Å². The molecule has 0 aliphatic rings. The first kappa shape index (κ1) is 12.3. The van der Waals surface area contributed by atoms with Crippen molar-refractivity contribution in [1.82, 2.24) is 0 Å². The van der Waals surface area contributed by atoms with Crippen LogP contribution in [-0.2, 0) is 0 Å². The molecule has 0 heterocycles. The highest BCUT2D eigenvalue weighted by molar-refractivity contribution is 14.1. The molecule has 0 saturated carbocycles. The third kappa shape index (κ3) is 2.61. The number of carbonyl (C=O) groups excluding carboxylic acids is 1. The maximum Gasteiger partial charge on any atom is 0.178 e. The van der Waals surface area contributed by atoms with Gasteiger partial charge in [-0.25, -0.2) is 0 Å². The van der Waals surface area contributed by atoms with E-state index in [0.29, 0.717) is 16.3 Å². The zero-order valence-corrected chi connectivity index (χ0v) is 11.8. The first-order chi connectivity index (χ1) is 6.60. The Morgan fingerprint density at radius 2 is 2.29 bits per heavy atom. The molecule has 1 rings (SSSR count). The van der Waals surface area contributed by atoms with E-state index < -0.39 is 0 Å². The average molecular weight is 389 g/mol. The van der Waals surface area contributed by atoms with Crippen molar-refractivity contribution in [2.24, 2.45) is 0 Å². The maximum absolute atomic E-state index is 11.6. The summed E-state index contributed by atoms with van der Waals surface area (Å²) < 4.78 is 5.90. The minimum Gasteiger partial charge on any atom is -0.496 e. The van der Waals surface area contributed by atoms with Gasteiger partial charge in [0.25, 0.3) is 0 Å². The fourth-order valence-electron chi connectivity index (χ4n) is 1.05. The maximum atomic E-state index is 11.6. The molecule has 0 bridgehead atoms. The lowest BCUT2D eigenvalue weighted by molar-refractivity contribution is 0.102. The molecule has 0 N–H and O–H groups in total. The second-order valence-corrected chi connectivity index (χ2v) is 4.68. The molecule has 0 radical (unpaired) electrons. The Labute approximate surface area is 109 Å². The van der Waals surface area contributed by atoms with Gasteiger partial charge in [-0.1, -0.05) is 27.5 Å². The fraction of sp³-hybridized carbons (Fsp3) is 0.222. The minimum absolute atomic E-state index is 0.0112. The number of alkyl halides is 1. The predicted molar refractivity (Wildman–Crippen MR) is 68.8 cm³/mol. The molecule has 2 nitrogen and oxygen atoms in total. The number of ether oxygens (including phenoxy) is 1.